The van der Waals surface area contributed by atoms with E-state index in [4.69, 9.17) is 5.11 Å². The van der Waals surface area contributed by atoms with E-state index in [1.54, 1.807) is 0 Å². The van der Waals surface area contributed by atoms with Gasteiger partial charge in [0.25, 0.3) is 0 Å². The number of aromatic amines is 1. The third-order valence-corrected chi connectivity index (χ3v) is 4.86. The van der Waals surface area contributed by atoms with E-state index >= 15 is 0 Å². The molecule has 1 rings (SSSR count). The molecule has 0 aliphatic carbocycles. The van der Waals surface area contributed by atoms with E-state index in [2.05, 4.69) is 46.5 Å². The molecule has 0 saturated heterocycles. The van der Waals surface area contributed by atoms with Gasteiger partial charge in [-0.15, -0.1) is 0 Å². The van der Waals surface area contributed by atoms with Gasteiger partial charge in [0, 0.05) is 23.9 Å². The van der Waals surface area contributed by atoms with Crippen LogP contribution in [0.2, 0.25) is 0 Å². The minimum absolute atomic E-state index is 0.322. The zero-order chi connectivity index (χ0) is 15.3. The van der Waals surface area contributed by atoms with Crippen LogP contribution in [0.4, 0.5) is 0 Å². The molecule has 0 spiro atoms. The number of aliphatic hydroxyl groups is 1. The number of H-pyrrole nitrogens is 1. The third-order valence-electron chi connectivity index (χ3n) is 4.86. The summed E-state index contributed by atoms with van der Waals surface area (Å²) in [6.07, 6.45) is 4.65. The van der Waals surface area contributed by atoms with E-state index < -0.39 is 0 Å². The Morgan fingerprint density at radius 2 is 1.60 bits per heavy atom. The average Bonchev–Trinajstić information content (AvgIpc) is 2.62. The Hall–Kier alpha value is -0.760. The number of aromatic nitrogens is 1. The first-order valence-electron chi connectivity index (χ1n) is 8.15. The van der Waals surface area contributed by atoms with Crippen LogP contribution < -0.4 is 0 Å². The van der Waals surface area contributed by atoms with Crippen molar-refractivity contribution in [3.63, 3.8) is 0 Å². The summed E-state index contributed by atoms with van der Waals surface area (Å²) in [5.74, 6) is 1.93. The van der Waals surface area contributed by atoms with Gasteiger partial charge in [0.1, 0.15) is 0 Å². The fraction of sp³-hybridized carbons (Fsp3) is 0.778. The van der Waals surface area contributed by atoms with Crippen molar-refractivity contribution in [3.8, 4) is 0 Å². The molecule has 20 heavy (non-hydrogen) atoms. The van der Waals surface area contributed by atoms with Crippen molar-refractivity contribution in [2.45, 2.75) is 73.1 Å². The summed E-state index contributed by atoms with van der Waals surface area (Å²) in [4.78, 5) is 3.62. The summed E-state index contributed by atoms with van der Waals surface area (Å²) in [5, 5.41) is 8.98. The molecule has 0 aliphatic heterocycles. The molecule has 0 aliphatic rings. The Morgan fingerprint density at radius 1 is 0.950 bits per heavy atom. The van der Waals surface area contributed by atoms with Gasteiger partial charge < -0.3 is 10.1 Å². The number of hydrogen-bond acceptors (Lipinski definition) is 1. The van der Waals surface area contributed by atoms with Crippen LogP contribution in [0.1, 0.15) is 74.9 Å². The second-order valence-electron chi connectivity index (χ2n) is 6.81. The van der Waals surface area contributed by atoms with Crippen LogP contribution in [0.25, 0.3) is 0 Å². The van der Waals surface area contributed by atoms with E-state index in [1.165, 1.54) is 41.8 Å². The smallest absolute Gasteiger partial charge is 0.0433 e. The van der Waals surface area contributed by atoms with Gasteiger partial charge in [0.2, 0.25) is 0 Å². The first-order chi connectivity index (χ1) is 9.38. The number of aryl methyl sites for hydroxylation is 1. The fourth-order valence-corrected chi connectivity index (χ4v) is 3.11. The van der Waals surface area contributed by atoms with Crippen molar-refractivity contribution in [2.75, 3.05) is 6.61 Å². The standard InChI is InChI=1S/C18H33NO/c1-12(2)17(9-7-8-13(3)10-11-20)18-15(5)14(4)16(6)19-18/h12-13,17,19-20H,7-11H2,1-6H3. The molecule has 1 aromatic heterocycles. The van der Waals surface area contributed by atoms with Crippen molar-refractivity contribution in [3.05, 3.63) is 22.5 Å². The Balaban J connectivity index is 2.68. The Bertz CT molecular complexity index is 406. The lowest BCUT2D eigenvalue weighted by Crippen LogP contribution is -2.10. The molecule has 2 unspecified atom stereocenters. The Labute approximate surface area is 125 Å². The van der Waals surface area contributed by atoms with Gasteiger partial charge in [0.05, 0.1) is 0 Å². The van der Waals surface area contributed by atoms with E-state index in [0.29, 0.717) is 24.4 Å². The van der Waals surface area contributed by atoms with E-state index in [9.17, 15) is 0 Å². The quantitative estimate of drug-likeness (QED) is 0.700. The molecule has 1 aromatic rings. The number of aliphatic hydroxyl groups excluding tert-OH is 1. The van der Waals surface area contributed by atoms with Crippen LogP contribution in [-0.4, -0.2) is 16.7 Å². The maximum absolute atomic E-state index is 8.98. The van der Waals surface area contributed by atoms with Gasteiger partial charge in [-0.05, 0) is 56.6 Å². The summed E-state index contributed by atoms with van der Waals surface area (Å²) in [7, 11) is 0. The SMILES string of the molecule is Cc1[nH]c(C(CCCC(C)CCO)C(C)C)c(C)c1C. The summed E-state index contributed by atoms with van der Waals surface area (Å²) in [6, 6.07) is 0. The molecular formula is C18H33NO. The van der Waals surface area contributed by atoms with Crippen LogP contribution in [0.3, 0.4) is 0 Å². The largest absolute Gasteiger partial charge is 0.396 e. The maximum Gasteiger partial charge on any atom is 0.0433 e. The van der Waals surface area contributed by atoms with Crippen molar-refractivity contribution < 1.29 is 5.11 Å². The van der Waals surface area contributed by atoms with Gasteiger partial charge in [-0.25, -0.2) is 0 Å². The molecule has 2 atom stereocenters. The predicted octanol–water partition coefficient (Wildman–Crippen LogP) is 4.87. The molecule has 0 fully saturated rings. The molecule has 0 aromatic carbocycles. The molecule has 0 amide bonds. The minimum Gasteiger partial charge on any atom is -0.396 e. The zero-order valence-corrected chi connectivity index (χ0v) is 14.2. The monoisotopic (exact) mass is 279 g/mol. The molecular weight excluding hydrogens is 246 g/mol. The Morgan fingerprint density at radius 3 is 2.05 bits per heavy atom. The molecule has 0 saturated carbocycles. The number of nitrogens with one attached hydrogen (secondary N) is 1. The van der Waals surface area contributed by atoms with Crippen molar-refractivity contribution in [2.24, 2.45) is 11.8 Å². The molecule has 2 nitrogen and oxygen atoms in total. The highest BCUT2D eigenvalue weighted by atomic mass is 16.3. The first-order valence-corrected chi connectivity index (χ1v) is 8.15. The summed E-state index contributed by atoms with van der Waals surface area (Å²) >= 11 is 0. The van der Waals surface area contributed by atoms with Gasteiger partial charge in [-0.3, -0.25) is 0 Å². The van der Waals surface area contributed by atoms with E-state index in [0.717, 1.165) is 6.42 Å². The van der Waals surface area contributed by atoms with Gasteiger partial charge in [0.15, 0.2) is 0 Å². The van der Waals surface area contributed by atoms with Crippen LogP contribution in [0, 0.1) is 32.6 Å². The zero-order valence-electron chi connectivity index (χ0n) is 14.2. The summed E-state index contributed by atoms with van der Waals surface area (Å²) in [6.45, 7) is 13.9. The van der Waals surface area contributed by atoms with Gasteiger partial charge in [-0.1, -0.05) is 33.6 Å². The molecule has 116 valence electrons. The van der Waals surface area contributed by atoms with Gasteiger partial charge >= 0.3 is 0 Å². The average molecular weight is 279 g/mol. The lowest BCUT2D eigenvalue weighted by atomic mass is 9.84. The highest BCUT2D eigenvalue weighted by Crippen LogP contribution is 2.33. The fourth-order valence-electron chi connectivity index (χ4n) is 3.11. The summed E-state index contributed by atoms with van der Waals surface area (Å²) in [5.41, 5.74) is 5.63. The van der Waals surface area contributed by atoms with Crippen LogP contribution in [0.5, 0.6) is 0 Å². The highest BCUT2D eigenvalue weighted by Gasteiger charge is 2.21. The van der Waals surface area contributed by atoms with Crippen molar-refractivity contribution >= 4 is 0 Å². The number of hydrogen-bond donors (Lipinski definition) is 2. The highest BCUT2D eigenvalue weighted by molar-refractivity contribution is 5.36. The van der Waals surface area contributed by atoms with Crippen molar-refractivity contribution in [1.82, 2.24) is 4.98 Å². The number of rotatable bonds is 8. The van der Waals surface area contributed by atoms with E-state index in [1.807, 2.05) is 0 Å². The molecule has 2 heteroatoms. The molecule has 0 bridgehead atoms. The molecule has 1 heterocycles. The van der Waals surface area contributed by atoms with Crippen LogP contribution >= 0.6 is 0 Å². The summed E-state index contributed by atoms with van der Waals surface area (Å²) < 4.78 is 0. The third kappa shape index (κ3) is 4.37. The van der Waals surface area contributed by atoms with Crippen molar-refractivity contribution in [1.29, 1.82) is 0 Å². The lowest BCUT2D eigenvalue weighted by Gasteiger charge is -2.22. The minimum atomic E-state index is 0.322. The predicted molar refractivity (Wildman–Crippen MR) is 87.3 cm³/mol. The normalized spacial score (nSPS) is 14.8. The second kappa shape index (κ2) is 7.87. The molecule has 2 N–H and O–H groups in total. The van der Waals surface area contributed by atoms with Crippen LogP contribution in [0.15, 0.2) is 0 Å². The van der Waals surface area contributed by atoms with E-state index in [-0.39, 0.29) is 0 Å². The lowest BCUT2D eigenvalue weighted by molar-refractivity contribution is 0.255. The second-order valence-corrected chi connectivity index (χ2v) is 6.81. The van der Waals surface area contributed by atoms with Crippen LogP contribution in [-0.2, 0) is 0 Å². The Kier molecular flexibility index (Phi) is 6.81. The topological polar surface area (TPSA) is 36.0 Å². The van der Waals surface area contributed by atoms with Gasteiger partial charge in [-0.2, -0.15) is 0 Å². The maximum atomic E-state index is 8.98. The molecule has 0 radical (unpaired) electrons. The first kappa shape index (κ1) is 17.3.